The fourth-order valence-electron chi connectivity index (χ4n) is 2.92. The number of aliphatic imine (C=N–C) groups is 1. The van der Waals surface area contributed by atoms with Crippen LogP contribution in [0.3, 0.4) is 0 Å². The van der Waals surface area contributed by atoms with Crippen molar-refractivity contribution in [2.24, 2.45) is 4.99 Å². The van der Waals surface area contributed by atoms with E-state index < -0.39 is 0 Å². The number of carbonyl (C=O) groups is 1. The average Bonchev–Trinajstić information content (AvgIpc) is 3.50. The maximum Gasteiger partial charge on any atom is 0.258 e. The van der Waals surface area contributed by atoms with E-state index in [4.69, 9.17) is 4.74 Å². The first-order valence-electron chi connectivity index (χ1n) is 10.6. The molecule has 28 heavy (non-hydrogen) atoms. The van der Waals surface area contributed by atoms with Gasteiger partial charge in [-0.3, -0.25) is 9.79 Å². The van der Waals surface area contributed by atoms with Gasteiger partial charge in [-0.05, 0) is 50.3 Å². The monoisotopic (exact) mass is 388 g/mol. The lowest BCUT2D eigenvalue weighted by Crippen LogP contribution is -2.42. The molecule has 0 aliphatic heterocycles. The Balaban J connectivity index is 1.63. The van der Waals surface area contributed by atoms with Crippen molar-refractivity contribution in [2.45, 2.75) is 70.9 Å². The first-order valence-corrected chi connectivity index (χ1v) is 10.6. The van der Waals surface area contributed by atoms with Gasteiger partial charge in [0.2, 0.25) is 0 Å². The number of benzene rings is 1. The molecule has 0 aromatic heterocycles. The van der Waals surface area contributed by atoms with E-state index in [1.165, 1.54) is 24.8 Å². The van der Waals surface area contributed by atoms with Gasteiger partial charge in [0.15, 0.2) is 12.6 Å². The second-order valence-corrected chi connectivity index (χ2v) is 7.56. The van der Waals surface area contributed by atoms with Crippen molar-refractivity contribution in [3.8, 4) is 5.75 Å². The first kappa shape index (κ1) is 22.1. The Bertz CT molecular complexity index is 611. The molecule has 1 aromatic carbocycles. The molecule has 0 spiro atoms. The maximum atomic E-state index is 11.7. The zero-order valence-electron chi connectivity index (χ0n) is 17.6. The molecule has 0 saturated heterocycles. The Hall–Kier alpha value is -2.24. The summed E-state index contributed by atoms with van der Waals surface area (Å²) in [6.07, 6.45) is 8.01. The van der Waals surface area contributed by atoms with Crippen molar-refractivity contribution in [3.63, 3.8) is 0 Å². The minimum atomic E-state index is -0.0430. The summed E-state index contributed by atoms with van der Waals surface area (Å²) in [6.45, 7) is 5.32. The van der Waals surface area contributed by atoms with Crippen molar-refractivity contribution >= 4 is 11.9 Å². The molecule has 1 aliphatic carbocycles. The SMILES string of the molecule is CCCCCC(C)NC(=NC)NCCc1ccc(OCC(=O)NC2CC2)cc1. The van der Waals surface area contributed by atoms with E-state index in [0.29, 0.717) is 12.1 Å². The Morgan fingerprint density at radius 1 is 1.25 bits per heavy atom. The maximum absolute atomic E-state index is 11.7. The molecular formula is C22H36N4O2. The Morgan fingerprint density at radius 2 is 2.00 bits per heavy atom. The predicted octanol–water partition coefficient (Wildman–Crippen LogP) is 3.02. The van der Waals surface area contributed by atoms with Gasteiger partial charge in [-0.25, -0.2) is 0 Å². The second kappa shape index (κ2) is 12.3. The van der Waals surface area contributed by atoms with Crippen molar-refractivity contribution in [1.29, 1.82) is 0 Å². The van der Waals surface area contributed by atoms with Crippen LogP contribution < -0.4 is 20.7 Å². The van der Waals surface area contributed by atoms with Gasteiger partial charge in [0, 0.05) is 25.7 Å². The number of amides is 1. The molecule has 1 atom stereocenters. The minimum Gasteiger partial charge on any atom is -0.484 e. The van der Waals surface area contributed by atoms with Gasteiger partial charge in [0.1, 0.15) is 5.75 Å². The van der Waals surface area contributed by atoms with E-state index in [0.717, 1.165) is 43.9 Å². The summed E-state index contributed by atoms with van der Waals surface area (Å²) in [5.41, 5.74) is 1.22. The number of carbonyl (C=O) groups excluding carboxylic acids is 1. The van der Waals surface area contributed by atoms with Crippen LogP contribution in [0.1, 0.15) is 57.9 Å². The molecule has 0 radical (unpaired) electrons. The van der Waals surface area contributed by atoms with Gasteiger partial charge in [0.25, 0.3) is 5.91 Å². The number of nitrogens with zero attached hydrogens (tertiary/aromatic N) is 1. The number of rotatable bonds is 12. The van der Waals surface area contributed by atoms with Crippen LogP contribution in [-0.4, -0.2) is 44.1 Å². The summed E-state index contributed by atoms with van der Waals surface area (Å²) >= 11 is 0. The minimum absolute atomic E-state index is 0.0430. The summed E-state index contributed by atoms with van der Waals surface area (Å²) < 4.78 is 5.54. The molecule has 1 saturated carbocycles. The van der Waals surface area contributed by atoms with E-state index in [-0.39, 0.29) is 12.5 Å². The molecule has 156 valence electrons. The van der Waals surface area contributed by atoms with Crippen molar-refractivity contribution in [1.82, 2.24) is 16.0 Å². The zero-order valence-corrected chi connectivity index (χ0v) is 17.6. The molecule has 1 amide bonds. The molecule has 6 heteroatoms. The zero-order chi connectivity index (χ0) is 20.2. The summed E-state index contributed by atoms with van der Waals surface area (Å²) in [4.78, 5) is 16.0. The van der Waals surface area contributed by atoms with Crippen LogP contribution in [0.4, 0.5) is 0 Å². The molecule has 2 rings (SSSR count). The molecule has 3 N–H and O–H groups in total. The van der Waals surface area contributed by atoms with Crippen molar-refractivity contribution in [2.75, 3.05) is 20.2 Å². The molecule has 1 fully saturated rings. The quantitative estimate of drug-likeness (QED) is 0.292. The summed E-state index contributed by atoms with van der Waals surface area (Å²) in [5, 5.41) is 9.74. The molecule has 0 bridgehead atoms. The van der Waals surface area contributed by atoms with Crippen LogP contribution in [0.2, 0.25) is 0 Å². The second-order valence-electron chi connectivity index (χ2n) is 7.56. The van der Waals surface area contributed by atoms with Gasteiger partial charge in [0.05, 0.1) is 0 Å². The van der Waals surface area contributed by atoms with E-state index in [9.17, 15) is 4.79 Å². The fraction of sp³-hybridized carbons (Fsp3) is 0.636. The third-order valence-electron chi connectivity index (χ3n) is 4.79. The third kappa shape index (κ3) is 9.11. The summed E-state index contributed by atoms with van der Waals surface area (Å²) in [7, 11) is 1.81. The highest BCUT2D eigenvalue weighted by Gasteiger charge is 2.23. The number of unbranched alkanes of at least 4 members (excludes halogenated alkanes) is 2. The predicted molar refractivity (Wildman–Crippen MR) is 115 cm³/mol. The average molecular weight is 389 g/mol. The smallest absolute Gasteiger partial charge is 0.258 e. The number of guanidine groups is 1. The van der Waals surface area contributed by atoms with E-state index in [1.54, 1.807) is 7.05 Å². The van der Waals surface area contributed by atoms with Crippen LogP contribution in [0.25, 0.3) is 0 Å². The highest BCUT2D eigenvalue weighted by atomic mass is 16.5. The van der Waals surface area contributed by atoms with Gasteiger partial charge in [-0.2, -0.15) is 0 Å². The third-order valence-corrected chi connectivity index (χ3v) is 4.79. The Labute approximate surface area is 169 Å². The Morgan fingerprint density at radius 3 is 2.64 bits per heavy atom. The highest BCUT2D eigenvalue weighted by Crippen LogP contribution is 2.18. The van der Waals surface area contributed by atoms with Crippen LogP contribution >= 0.6 is 0 Å². The Kier molecular flexibility index (Phi) is 9.66. The summed E-state index contributed by atoms with van der Waals surface area (Å²) in [6, 6.07) is 8.71. The molecular weight excluding hydrogens is 352 g/mol. The largest absolute Gasteiger partial charge is 0.484 e. The van der Waals surface area contributed by atoms with Crippen molar-refractivity contribution < 1.29 is 9.53 Å². The molecule has 1 aliphatic rings. The van der Waals surface area contributed by atoms with Crippen LogP contribution in [0, 0.1) is 0 Å². The van der Waals surface area contributed by atoms with Crippen LogP contribution in [0.5, 0.6) is 5.75 Å². The van der Waals surface area contributed by atoms with E-state index >= 15 is 0 Å². The normalized spacial score (nSPS) is 15.0. The number of nitrogens with one attached hydrogen (secondary N) is 3. The topological polar surface area (TPSA) is 74.8 Å². The molecule has 1 unspecified atom stereocenters. The van der Waals surface area contributed by atoms with Crippen molar-refractivity contribution in [3.05, 3.63) is 29.8 Å². The summed E-state index contributed by atoms with van der Waals surface area (Å²) in [5.74, 6) is 1.53. The first-order chi connectivity index (χ1) is 13.6. The highest BCUT2D eigenvalue weighted by molar-refractivity contribution is 5.80. The van der Waals surface area contributed by atoms with Gasteiger partial charge in [-0.1, -0.05) is 38.3 Å². The molecule has 6 nitrogen and oxygen atoms in total. The molecule has 0 heterocycles. The van der Waals surface area contributed by atoms with Gasteiger partial charge >= 0.3 is 0 Å². The molecule has 1 aromatic rings. The lowest BCUT2D eigenvalue weighted by Gasteiger charge is -2.18. The number of hydrogen-bond acceptors (Lipinski definition) is 3. The standard InChI is InChI=1S/C22H36N4O2/c1-4-5-6-7-17(2)25-22(23-3)24-15-14-18-8-12-20(13-9-18)28-16-21(27)26-19-10-11-19/h8-9,12-13,17,19H,4-7,10-11,14-16H2,1-3H3,(H,26,27)(H2,23,24,25). The lowest BCUT2D eigenvalue weighted by molar-refractivity contribution is -0.123. The van der Waals surface area contributed by atoms with Crippen LogP contribution in [-0.2, 0) is 11.2 Å². The van der Waals surface area contributed by atoms with E-state index in [1.807, 2.05) is 24.3 Å². The number of ether oxygens (including phenoxy) is 1. The fourth-order valence-corrected chi connectivity index (χ4v) is 2.92. The van der Waals surface area contributed by atoms with Crippen LogP contribution in [0.15, 0.2) is 29.3 Å². The van der Waals surface area contributed by atoms with Gasteiger partial charge < -0.3 is 20.7 Å². The van der Waals surface area contributed by atoms with E-state index in [2.05, 4.69) is 34.8 Å². The number of hydrogen-bond donors (Lipinski definition) is 3. The van der Waals surface area contributed by atoms with Gasteiger partial charge in [-0.15, -0.1) is 0 Å². The lowest BCUT2D eigenvalue weighted by atomic mass is 10.1.